The van der Waals surface area contributed by atoms with Crippen molar-refractivity contribution < 1.29 is 28.2 Å². The molecule has 0 spiro atoms. The van der Waals surface area contributed by atoms with Crippen LogP contribution in [0.15, 0.2) is 36.4 Å². The van der Waals surface area contributed by atoms with Crippen LogP contribution in [-0.2, 0) is 16.1 Å². The molecular weight excluding hydrogens is 427 g/mol. The minimum atomic E-state index is -0.462. The highest BCUT2D eigenvalue weighted by Crippen LogP contribution is 2.43. The number of rotatable bonds is 8. The van der Waals surface area contributed by atoms with E-state index < -0.39 is 5.92 Å². The van der Waals surface area contributed by atoms with Crippen LogP contribution >= 0.6 is 0 Å². The quantitative estimate of drug-likeness (QED) is 0.657. The molecule has 3 rings (SSSR count). The Morgan fingerprint density at radius 1 is 1.03 bits per heavy atom. The Hall–Kier alpha value is -3.29. The van der Waals surface area contributed by atoms with Crippen molar-refractivity contribution in [2.24, 2.45) is 11.8 Å². The molecule has 1 heterocycles. The zero-order valence-electron chi connectivity index (χ0n) is 19.7. The number of carbonyl (C=O) groups excluding carboxylic acids is 2. The number of amides is 2. The second kappa shape index (κ2) is 10.6. The van der Waals surface area contributed by atoms with E-state index in [9.17, 15) is 14.0 Å². The molecule has 1 aliphatic heterocycles. The van der Waals surface area contributed by atoms with E-state index in [1.807, 2.05) is 26.0 Å². The predicted octanol–water partition coefficient (Wildman–Crippen LogP) is 3.37. The van der Waals surface area contributed by atoms with Gasteiger partial charge >= 0.3 is 0 Å². The van der Waals surface area contributed by atoms with Crippen molar-refractivity contribution in [1.29, 1.82) is 0 Å². The van der Waals surface area contributed by atoms with Crippen LogP contribution in [0.4, 0.5) is 4.39 Å². The van der Waals surface area contributed by atoms with Crippen molar-refractivity contribution in [2.75, 3.05) is 34.4 Å². The normalized spacial score (nSPS) is 17.7. The Morgan fingerprint density at radius 3 is 2.15 bits per heavy atom. The summed E-state index contributed by atoms with van der Waals surface area (Å²) in [6, 6.07) is 9.65. The number of hydrogen-bond donors (Lipinski definition) is 1. The SMILES string of the molecule is COc1cc(C2CN(C(=O)C(C)C)CC2C(=O)NCc2ccc(F)cc2)cc(OC)c1OC. The highest BCUT2D eigenvalue weighted by Gasteiger charge is 2.41. The zero-order valence-corrected chi connectivity index (χ0v) is 19.7. The predicted molar refractivity (Wildman–Crippen MR) is 122 cm³/mol. The van der Waals surface area contributed by atoms with Crippen molar-refractivity contribution in [3.63, 3.8) is 0 Å². The van der Waals surface area contributed by atoms with Crippen LogP contribution in [-0.4, -0.2) is 51.1 Å². The van der Waals surface area contributed by atoms with Gasteiger partial charge in [-0.15, -0.1) is 0 Å². The van der Waals surface area contributed by atoms with Gasteiger partial charge in [-0.25, -0.2) is 4.39 Å². The summed E-state index contributed by atoms with van der Waals surface area (Å²) in [4.78, 5) is 27.7. The number of nitrogens with zero attached hydrogens (tertiary/aromatic N) is 1. The Kier molecular flexibility index (Phi) is 7.79. The van der Waals surface area contributed by atoms with Crippen molar-refractivity contribution in [1.82, 2.24) is 10.2 Å². The summed E-state index contributed by atoms with van der Waals surface area (Å²) in [5.41, 5.74) is 1.62. The topological polar surface area (TPSA) is 77.1 Å². The molecule has 7 nitrogen and oxygen atoms in total. The summed E-state index contributed by atoms with van der Waals surface area (Å²) in [6.45, 7) is 4.69. The highest BCUT2D eigenvalue weighted by molar-refractivity contribution is 5.84. The lowest BCUT2D eigenvalue weighted by Crippen LogP contribution is -2.36. The molecule has 2 aromatic carbocycles. The molecule has 8 heteroatoms. The third kappa shape index (κ3) is 5.38. The molecule has 1 saturated heterocycles. The van der Waals surface area contributed by atoms with E-state index in [-0.39, 0.29) is 36.0 Å². The van der Waals surface area contributed by atoms with Crippen molar-refractivity contribution >= 4 is 11.8 Å². The lowest BCUT2D eigenvalue weighted by Gasteiger charge is -2.21. The molecule has 2 atom stereocenters. The number of halogens is 1. The Bertz CT molecular complexity index is 968. The summed E-state index contributed by atoms with van der Waals surface area (Å²) >= 11 is 0. The van der Waals surface area contributed by atoms with Crippen LogP contribution < -0.4 is 19.5 Å². The van der Waals surface area contributed by atoms with Crippen LogP contribution in [0, 0.1) is 17.7 Å². The first-order chi connectivity index (χ1) is 15.8. The first-order valence-corrected chi connectivity index (χ1v) is 10.9. The smallest absolute Gasteiger partial charge is 0.225 e. The van der Waals surface area contributed by atoms with Crippen LogP contribution in [0.2, 0.25) is 0 Å². The van der Waals surface area contributed by atoms with Gasteiger partial charge in [0.15, 0.2) is 11.5 Å². The van der Waals surface area contributed by atoms with Crippen LogP contribution in [0.3, 0.4) is 0 Å². The highest BCUT2D eigenvalue weighted by atomic mass is 19.1. The van der Waals surface area contributed by atoms with E-state index in [1.165, 1.54) is 33.5 Å². The van der Waals surface area contributed by atoms with Crippen molar-refractivity contribution in [3.8, 4) is 17.2 Å². The molecule has 2 amide bonds. The fraction of sp³-hybridized carbons (Fsp3) is 0.440. The molecule has 0 saturated carbocycles. The number of nitrogens with one attached hydrogen (secondary N) is 1. The second-order valence-corrected chi connectivity index (χ2v) is 8.41. The van der Waals surface area contributed by atoms with Gasteiger partial charge in [-0.05, 0) is 35.4 Å². The van der Waals surface area contributed by atoms with E-state index in [4.69, 9.17) is 14.2 Å². The van der Waals surface area contributed by atoms with Gasteiger partial charge in [0.1, 0.15) is 5.82 Å². The average Bonchev–Trinajstić information content (AvgIpc) is 3.27. The van der Waals surface area contributed by atoms with Crippen LogP contribution in [0.1, 0.15) is 30.9 Å². The van der Waals surface area contributed by atoms with Gasteiger partial charge in [0.25, 0.3) is 0 Å². The Labute approximate surface area is 193 Å². The van der Waals surface area contributed by atoms with Crippen LogP contribution in [0.25, 0.3) is 0 Å². The lowest BCUT2D eigenvalue weighted by molar-refractivity contribution is -0.133. The van der Waals surface area contributed by atoms with Gasteiger partial charge in [-0.1, -0.05) is 26.0 Å². The number of methoxy groups -OCH3 is 3. The third-order valence-corrected chi connectivity index (χ3v) is 5.96. The van der Waals surface area contributed by atoms with E-state index >= 15 is 0 Å². The molecule has 0 aliphatic carbocycles. The largest absolute Gasteiger partial charge is 0.493 e. The maximum absolute atomic E-state index is 13.2. The molecule has 0 radical (unpaired) electrons. The van der Waals surface area contributed by atoms with Crippen molar-refractivity contribution in [2.45, 2.75) is 26.3 Å². The summed E-state index contributed by atoms with van der Waals surface area (Å²) in [5, 5.41) is 2.94. The molecule has 0 bridgehead atoms. The first kappa shape index (κ1) is 24.4. The Balaban J connectivity index is 1.90. The summed E-state index contributed by atoms with van der Waals surface area (Å²) in [6.07, 6.45) is 0. The monoisotopic (exact) mass is 458 g/mol. The van der Waals surface area contributed by atoms with Gasteiger partial charge in [-0.3, -0.25) is 9.59 Å². The molecule has 1 aliphatic rings. The fourth-order valence-electron chi connectivity index (χ4n) is 4.19. The number of likely N-dealkylation sites (tertiary alicyclic amines) is 1. The van der Waals surface area contributed by atoms with Crippen LogP contribution in [0.5, 0.6) is 17.2 Å². The van der Waals surface area contributed by atoms with Gasteiger partial charge in [0.05, 0.1) is 27.2 Å². The minimum absolute atomic E-state index is 0.00118. The maximum Gasteiger partial charge on any atom is 0.225 e. The maximum atomic E-state index is 13.2. The number of hydrogen-bond acceptors (Lipinski definition) is 5. The minimum Gasteiger partial charge on any atom is -0.493 e. The average molecular weight is 459 g/mol. The van der Waals surface area contributed by atoms with E-state index in [0.29, 0.717) is 30.3 Å². The van der Waals surface area contributed by atoms with Gasteiger partial charge in [-0.2, -0.15) is 0 Å². The molecule has 0 aromatic heterocycles. The summed E-state index contributed by atoms with van der Waals surface area (Å²) < 4.78 is 29.6. The van der Waals surface area contributed by atoms with E-state index in [0.717, 1.165) is 11.1 Å². The number of benzene rings is 2. The molecule has 33 heavy (non-hydrogen) atoms. The second-order valence-electron chi connectivity index (χ2n) is 8.41. The molecule has 1 fully saturated rings. The van der Waals surface area contributed by atoms with E-state index in [2.05, 4.69) is 5.32 Å². The zero-order chi connectivity index (χ0) is 24.1. The van der Waals surface area contributed by atoms with Crippen molar-refractivity contribution in [3.05, 3.63) is 53.3 Å². The van der Waals surface area contributed by atoms with Gasteiger partial charge < -0.3 is 24.4 Å². The molecule has 2 unspecified atom stereocenters. The Morgan fingerprint density at radius 2 is 1.64 bits per heavy atom. The molecule has 1 N–H and O–H groups in total. The number of ether oxygens (including phenoxy) is 3. The molecule has 2 aromatic rings. The summed E-state index contributed by atoms with van der Waals surface area (Å²) in [5.74, 6) is 0.0628. The molecule has 178 valence electrons. The number of carbonyl (C=O) groups is 2. The fourth-order valence-corrected chi connectivity index (χ4v) is 4.19. The lowest BCUT2D eigenvalue weighted by atomic mass is 9.87. The third-order valence-electron chi connectivity index (χ3n) is 5.96. The van der Waals surface area contributed by atoms with E-state index in [1.54, 1.807) is 17.0 Å². The molecular formula is C25H31FN2O5. The van der Waals surface area contributed by atoms with Gasteiger partial charge in [0.2, 0.25) is 17.6 Å². The first-order valence-electron chi connectivity index (χ1n) is 10.9. The summed E-state index contributed by atoms with van der Waals surface area (Å²) in [7, 11) is 4.61. The van der Waals surface area contributed by atoms with Gasteiger partial charge in [0, 0.05) is 31.5 Å². The standard InChI is InChI=1S/C25H31FN2O5/c1-15(2)25(30)28-13-19(17-10-21(31-3)23(33-5)22(11-17)32-4)20(14-28)24(29)27-12-16-6-8-18(26)9-7-16/h6-11,15,19-20H,12-14H2,1-5H3,(H,27,29).